The Balaban J connectivity index is 1.73. The summed E-state index contributed by atoms with van der Waals surface area (Å²) in [5.41, 5.74) is 1.56. The Morgan fingerprint density at radius 3 is 2.21 bits per heavy atom. The Morgan fingerprint density at radius 2 is 1.62 bits per heavy atom. The first-order chi connectivity index (χ1) is 18.7. The maximum absolute atomic E-state index is 13.0. The second-order valence-electron chi connectivity index (χ2n) is 7.74. The number of hydrogen-bond acceptors (Lipinski definition) is 10. The Hall–Kier alpha value is -3.63. The zero-order chi connectivity index (χ0) is 28.2. The Labute approximate surface area is 238 Å². The first kappa shape index (κ1) is 28.4. The molecule has 0 aliphatic rings. The molecule has 0 fully saturated rings. The Bertz CT molecular complexity index is 1630. The van der Waals surface area contributed by atoms with Crippen molar-refractivity contribution in [2.24, 2.45) is 0 Å². The summed E-state index contributed by atoms with van der Waals surface area (Å²) in [6, 6.07) is 13.0. The van der Waals surface area contributed by atoms with Crippen molar-refractivity contribution in [1.29, 1.82) is 5.26 Å². The fourth-order valence-electron chi connectivity index (χ4n) is 3.56. The zero-order valence-corrected chi connectivity index (χ0v) is 23.8. The van der Waals surface area contributed by atoms with E-state index >= 15 is 0 Å². The third-order valence-corrected chi connectivity index (χ3v) is 8.47. The summed E-state index contributed by atoms with van der Waals surface area (Å²) in [7, 11) is 0.258. The van der Waals surface area contributed by atoms with Crippen LogP contribution in [0, 0.1) is 11.5 Å². The number of nitrogens with one attached hydrogen (secondary N) is 1. The number of nitriles is 1. The molecule has 0 aliphatic heterocycles. The quantitative estimate of drug-likeness (QED) is 0.134. The van der Waals surface area contributed by atoms with Gasteiger partial charge in [-0.2, -0.15) is 5.26 Å². The van der Waals surface area contributed by atoms with Crippen LogP contribution in [0.2, 0.25) is 10.0 Å². The van der Waals surface area contributed by atoms with Gasteiger partial charge in [-0.3, -0.25) is 0 Å². The minimum absolute atomic E-state index is 0.000431. The van der Waals surface area contributed by atoms with Crippen molar-refractivity contribution >= 4 is 45.0 Å². The molecule has 14 heteroatoms. The number of ether oxygens (including phenoxy) is 3. The van der Waals surface area contributed by atoms with Crippen LogP contribution in [0.15, 0.2) is 62.7 Å². The third-order valence-electron chi connectivity index (χ3n) is 5.37. The summed E-state index contributed by atoms with van der Waals surface area (Å²) < 4.78 is 49.7. The summed E-state index contributed by atoms with van der Waals surface area (Å²) in [5.74, 6) is 1.83. The Kier molecular flexibility index (Phi) is 8.76. The predicted octanol–water partition coefficient (Wildman–Crippen LogP) is 5.79. The molecule has 1 aromatic heterocycles. The molecular weight excluding hydrogens is 587 g/mol. The number of benzene rings is 3. The molecule has 1 N–H and O–H groups in total. The summed E-state index contributed by atoms with van der Waals surface area (Å²) >= 11 is 13.7. The fourth-order valence-corrected chi connectivity index (χ4v) is 6.22. The van der Waals surface area contributed by atoms with Crippen molar-refractivity contribution in [3.05, 3.63) is 64.1 Å². The number of rotatable bonds is 10. The van der Waals surface area contributed by atoms with Crippen LogP contribution >= 0.6 is 35.0 Å². The first-order valence-electron chi connectivity index (χ1n) is 11.0. The van der Waals surface area contributed by atoms with Crippen LogP contribution in [0.1, 0.15) is 5.56 Å². The van der Waals surface area contributed by atoms with E-state index in [0.717, 1.165) is 5.56 Å². The zero-order valence-electron chi connectivity index (χ0n) is 20.7. The van der Waals surface area contributed by atoms with E-state index in [1.165, 1.54) is 51.4 Å². The molecule has 202 valence electrons. The van der Waals surface area contributed by atoms with E-state index in [2.05, 4.69) is 10.2 Å². The summed E-state index contributed by atoms with van der Waals surface area (Å²) in [4.78, 5) is 0.102. The number of hydrogen-bond donors (Lipinski definition) is 1. The van der Waals surface area contributed by atoms with Crippen LogP contribution in [0.5, 0.6) is 17.2 Å². The fraction of sp³-hybridized carbons (Fsp3) is 0.160. The van der Waals surface area contributed by atoms with Gasteiger partial charge >= 0.3 is 0 Å². The van der Waals surface area contributed by atoms with Gasteiger partial charge in [-0.1, -0.05) is 23.2 Å². The lowest BCUT2D eigenvalue weighted by molar-refractivity contribution is 0.324. The normalized spacial score (nSPS) is 11.1. The molecule has 0 saturated carbocycles. The van der Waals surface area contributed by atoms with E-state index < -0.39 is 10.0 Å². The smallest absolute Gasteiger partial charge is 0.271 e. The van der Waals surface area contributed by atoms with E-state index in [9.17, 15) is 8.42 Å². The average Bonchev–Trinajstić information content (AvgIpc) is 3.41. The van der Waals surface area contributed by atoms with Crippen LogP contribution in [0.4, 0.5) is 0 Å². The Morgan fingerprint density at radius 1 is 0.974 bits per heavy atom. The van der Waals surface area contributed by atoms with Crippen molar-refractivity contribution in [2.45, 2.75) is 15.5 Å². The molecule has 10 nitrogen and oxygen atoms in total. The van der Waals surface area contributed by atoms with Gasteiger partial charge in [0.2, 0.25) is 17.5 Å². The van der Waals surface area contributed by atoms with Gasteiger partial charge < -0.3 is 18.6 Å². The van der Waals surface area contributed by atoms with Gasteiger partial charge in [-0.15, -0.1) is 22.0 Å². The van der Waals surface area contributed by atoms with Crippen LogP contribution < -0.4 is 18.9 Å². The lowest BCUT2D eigenvalue weighted by Crippen LogP contribution is -2.19. The van der Waals surface area contributed by atoms with Crippen LogP contribution in [-0.4, -0.2) is 39.9 Å². The highest BCUT2D eigenvalue weighted by molar-refractivity contribution is 7.99. The molecule has 4 aromatic rings. The van der Waals surface area contributed by atoms with Crippen molar-refractivity contribution in [3.8, 4) is 46.4 Å². The predicted molar refractivity (Wildman–Crippen MR) is 147 cm³/mol. The van der Waals surface area contributed by atoms with E-state index in [-0.39, 0.29) is 32.2 Å². The van der Waals surface area contributed by atoms with Crippen molar-refractivity contribution < 1.29 is 27.0 Å². The average molecular weight is 607 g/mol. The summed E-state index contributed by atoms with van der Waals surface area (Å²) in [6.07, 6.45) is 1.46. The molecule has 0 unspecified atom stereocenters. The molecule has 39 heavy (non-hydrogen) atoms. The molecule has 0 atom stereocenters. The minimum atomic E-state index is -4.24. The van der Waals surface area contributed by atoms with Gasteiger partial charge in [0.05, 0.1) is 31.9 Å². The summed E-state index contributed by atoms with van der Waals surface area (Å²) in [6.45, 7) is 0. The van der Waals surface area contributed by atoms with Crippen molar-refractivity contribution in [1.82, 2.24) is 14.9 Å². The number of halogens is 2. The second kappa shape index (κ2) is 12.0. The van der Waals surface area contributed by atoms with Gasteiger partial charge in [0.1, 0.15) is 4.90 Å². The molecule has 0 saturated heterocycles. The second-order valence-corrected chi connectivity index (χ2v) is 11.2. The minimum Gasteiger partial charge on any atom is -0.493 e. The topological polar surface area (TPSA) is 137 Å². The molecular formula is C25H20Cl2N4O6S2. The maximum Gasteiger partial charge on any atom is 0.271 e. The molecule has 0 spiro atoms. The van der Waals surface area contributed by atoms with Crippen molar-refractivity contribution in [3.63, 3.8) is 0 Å². The van der Waals surface area contributed by atoms with Crippen molar-refractivity contribution in [2.75, 3.05) is 21.3 Å². The molecule has 3 aromatic carbocycles. The highest BCUT2D eigenvalue weighted by Gasteiger charge is 2.24. The van der Waals surface area contributed by atoms with Gasteiger partial charge in [0, 0.05) is 21.2 Å². The van der Waals surface area contributed by atoms with E-state index in [1.807, 2.05) is 4.72 Å². The third kappa shape index (κ3) is 6.17. The van der Waals surface area contributed by atoms with Gasteiger partial charge in [-0.05, 0) is 54.1 Å². The lowest BCUT2D eigenvalue weighted by Gasteiger charge is -2.15. The molecule has 0 radical (unpaired) electrons. The lowest BCUT2D eigenvalue weighted by atomic mass is 10.2. The van der Waals surface area contributed by atoms with E-state index in [1.54, 1.807) is 36.4 Å². The van der Waals surface area contributed by atoms with Crippen LogP contribution in [0.25, 0.3) is 22.9 Å². The van der Waals surface area contributed by atoms with Gasteiger partial charge in [-0.25, -0.2) is 13.1 Å². The van der Waals surface area contributed by atoms with Crippen LogP contribution in [0.3, 0.4) is 0 Å². The van der Waals surface area contributed by atoms with E-state index in [4.69, 9.17) is 47.1 Å². The highest BCUT2D eigenvalue weighted by atomic mass is 35.5. The molecule has 0 amide bonds. The van der Waals surface area contributed by atoms with E-state index in [0.29, 0.717) is 33.6 Å². The SMILES string of the molecule is COc1cc(CSc2cc(Cl)c(-c3nnc(-c4ccc(Cl)cc4)o3)cc2S(=O)(=O)NC#N)cc(OC)c1OC. The van der Waals surface area contributed by atoms with Crippen LogP contribution in [-0.2, 0) is 15.8 Å². The molecule has 0 bridgehead atoms. The number of sulfonamides is 1. The summed E-state index contributed by atoms with van der Waals surface area (Å²) in [5, 5.41) is 17.8. The number of aromatic nitrogens is 2. The largest absolute Gasteiger partial charge is 0.493 e. The maximum atomic E-state index is 13.0. The first-order valence-corrected chi connectivity index (χ1v) is 14.2. The monoisotopic (exact) mass is 606 g/mol. The molecule has 1 heterocycles. The number of nitrogens with zero attached hydrogens (tertiary/aromatic N) is 3. The highest BCUT2D eigenvalue weighted by Crippen LogP contribution is 2.42. The molecule has 4 rings (SSSR count). The standard InChI is InChI=1S/C25H20Cl2N4O6S2/c1-34-19-8-14(9-20(35-2)23(19)36-3)12-38-21-11-18(27)17(10-22(21)39(32,33)29-13-28)25-31-30-24(37-25)15-4-6-16(26)7-5-15/h4-11,29H,12H2,1-3H3. The number of thioether (sulfide) groups is 1. The number of methoxy groups -OCH3 is 3. The van der Waals surface area contributed by atoms with Gasteiger partial charge in [0.25, 0.3) is 10.0 Å². The van der Waals surface area contributed by atoms with Gasteiger partial charge in [0.15, 0.2) is 17.7 Å². The molecule has 0 aliphatic carbocycles.